The van der Waals surface area contributed by atoms with Gasteiger partial charge in [-0.1, -0.05) is 0 Å². The molecular weight excluding hydrogens is 220 g/mol. The minimum atomic E-state index is -0.418. The Balaban J connectivity index is 2.40. The van der Waals surface area contributed by atoms with Crippen molar-refractivity contribution in [3.8, 4) is 6.07 Å². The Hall–Kier alpha value is -2.13. The first kappa shape index (κ1) is 11.4. The maximum atomic E-state index is 10.9. The summed E-state index contributed by atoms with van der Waals surface area (Å²) in [5, 5.41) is 22.9. The van der Waals surface area contributed by atoms with Crippen LogP contribution in [0.2, 0.25) is 0 Å². The molecule has 1 aromatic rings. The summed E-state index contributed by atoms with van der Waals surface area (Å²) < 4.78 is 0. The van der Waals surface area contributed by atoms with Gasteiger partial charge in [-0.05, 0) is 12.1 Å². The first-order valence-electron chi connectivity index (χ1n) is 5.25. The second-order valence-corrected chi connectivity index (χ2v) is 4.00. The molecule has 0 saturated carbocycles. The summed E-state index contributed by atoms with van der Waals surface area (Å²) >= 11 is 0. The van der Waals surface area contributed by atoms with E-state index in [4.69, 9.17) is 5.26 Å². The third-order valence-electron chi connectivity index (χ3n) is 2.99. The fourth-order valence-corrected chi connectivity index (χ4v) is 1.77. The van der Waals surface area contributed by atoms with Gasteiger partial charge in [-0.3, -0.25) is 10.1 Å². The Labute approximate surface area is 98.6 Å². The van der Waals surface area contributed by atoms with Gasteiger partial charge in [0.25, 0.3) is 5.69 Å². The number of nitro benzene ring substituents is 1. The fourth-order valence-electron chi connectivity index (χ4n) is 1.77. The second kappa shape index (κ2) is 4.39. The first-order valence-corrected chi connectivity index (χ1v) is 5.25. The average molecular weight is 232 g/mol. The van der Waals surface area contributed by atoms with Gasteiger partial charge in [0.15, 0.2) is 0 Å². The lowest BCUT2D eigenvalue weighted by Crippen LogP contribution is -2.56. The van der Waals surface area contributed by atoms with Crippen LogP contribution in [0.1, 0.15) is 5.56 Å². The molecule has 0 radical (unpaired) electrons. The third-order valence-corrected chi connectivity index (χ3v) is 2.99. The smallest absolute Gasteiger partial charge is 0.292 e. The number of hydrogen-bond acceptors (Lipinski definition) is 5. The molecule has 0 amide bonds. The van der Waals surface area contributed by atoms with Crippen LogP contribution in [0, 0.1) is 21.4 Å². The summed E-state index contributed by atoms with van der Waals surface area (Å²) in [4.78, 5) is 12.4. The summed E-state index contributed by atoms with van der Waals surface area (Å²) in [5.41, 5.74) is 0.976. The van der Waals surface area contributed by atoms with Crippen LogP contribution in [0.25, 0.3) is 0 Å². The van der Waals surface area contributed by atoms with E-state index in [9.17, 15) is 10.1 Å². The van der Waals surface area contributed by atoms with Crippen molar-refractivity contribution in [2.75, 3.05) is 25.0 Å². The van der Waals surface area contributed by atoms with Crippen molar-refractivity contribution in [1.29, 1.82) is 5.26 Å². The predicted molar refractivity (Wildman–Crippen MR) is 62.9 cm³/mol. The molecule has 1 aromatic carbocycles. The predicted octanol–water partition coefficient (Wildman–Crippen LogP) is 0.874. The van der Waals surface area contributed by atoms with E-state index in [0.29, 0.717) is 11.3 Å². The average Bonchev–Trinajstić information content (AvgIpc) is 2.25. The lowest BCUT2D eigenvalue weighted by Gasteiger charge is -2.36. The Morgan fingerprint density at radius 1 is 1.59 bits per heavy atom. The molecule has 0 aromatic heterocycles. The van der Waals surface area contributed by atoms with Crippen LogP contribution in [-0.2, 0) is 0 Å². The van der Waals surface area contributed by atoms with Crippen molar-refractivity contribution in [1.82, 2.24) is 5.32 Å². The van der Waals surface area contributed by atoms with Gasteiger partial charge in [0.1, 0.15) is 5.69 Å². The van der Waals surface area contributed by atoms with Gasteiger partial charge in [-0.15, -0.1) is 0 Å². The molecule has 1 aliphatic rings. The standard InChI is InChI=1S/C11H12N4O2/c1-14(9-6-13-7-9)11-4-8(5-12)2-3-10(11)15(16)17/h2-4,9,13H,6-7H2,1H3. The Morgan fingerprint density at radius 3 is 2.76 bits per heavy atom. The van der Waals surface area contributed by atoms with Crippen LogP contribution in [0.4, 0.5) is 11.4 Å². The summed E-state index contributed by atoms with van der Waals surface area (Å²) in [6.07, 6.45) is 0. The summed E-state index contributed by atoms with van der Waals surface area (Å²) in [6, 6.07) is 6.67. The lowest BCUT2D eigenvalue weighted by molar-refractivity contribution is -0.384. The number of nitro groups is 1. The van der Waals surface area contributed by atoms with Gasteiger partial charge in [-0.25, -0.2) is 0 Å². The van der Waals surface area contributed by atoms with E-state index in [-0.39, 0.29) is 11.7 Å². The van der Waals surface area contributed by atoms with Crippen LogP contribution < -0.4 is 10.2 Å². The normalized spacial score (nSPS) is 14.8. The van der Waals surface area contributed by atoms with Crippen molar-refractivity contribution < 1.29 is 4.92 Å². The van der Waals surface area contributed by atoms with Crippen LogP contribution in [0.5, 0.6) is 0 Å². The first-order chi connectivity index (χ1) is 8.13. The van der Waals surface area contributed by atoms with Gasteiger partial charge in [0.05, 0.1) is 22.6 Å². The maximum absolute atomic E-state index is 10.9. The van der Waals surface area contributed by atoms with E-state index in [1.165, 1.54) is 12.1 Å². The van der Waals surface area contributed by atoms with E-state index in [1.54, 1.807) is 6.07 Å². The van der Waals surface area contributed by atoms with Gasteiger partial charge in [0.2, 0.25) is 0 Å². The minimum absolute atomic E-state index is 0.0402. The number of rotatable bonds is 3. The Morgan fingerprint density at radius 2 is 2.29 bits per heavy atom. The highest BCUT2D eigenvalue weighted by atomic mass is 16.6. The van der Waals surface area contributed by atoms with Crippen LogP contribution >= 0.6 is 0 Å². The number of nitrogens with one attached hydrogen (secondary N) is 1. The van der Waals surface area contributed by atoms with Crippen molar-refractivity contribution in [2.45, 2.75) is 6.04 Å². The molecule has 0 aliphatic carbocycles. The molecule has 0 spiro atoms. The topological polar surface area (TPSA) is 82.2 Å². The molecule has 6 heteroatoms. The van der Waals surface area contributed by atoms with E-state index < -0.39 is 4.92 Å². The van der Waals surface area contributed by atoms with Crippen molar-refractivity contribution in [3.63, 3.8) is 0 Å². The Kier molecular flexibility index (Phi) is 2.93. The van der Waals surface area contributed by atoms with E-state index in [2.05, 4.69) is 5.32 Å². The molecule has 1 saturated heterocycles. The molecule has 0 bridgehead atoms. The monoisotopic (exact) mass is 232 g/mol. The molecule has 1 aliphatic heterocycles. The number of nitrogens with zero attached hydrogens (tertiary/aromatic N) is 3. The van der Waals surface area contributed by atoms with Crippen molar-refractivity contribution >= 4 is 11.4 Å². The molecular formula is C11H12N4O2. The highest BCUT2D eigenvalue weighted by Gasteiger charge is 2.26. The highest BCUT2D eigenvalue weighted by molar-refractivity contribution is 5.66. The van der Waals surface area contributed by atoms with Crippen LogP contribution in [0.3, 0.4) is 0 Å². The Bertz CT molecular complexity index is 491. The molecule has 1 fully saturated rings. The number of anilines is 1. The summed E-state index contributed by atoms with van der Waals surface area (Å²) in [7, 11) is 1.81. The molecule has 17 heavy (non-hydrogen) atoms. The van der Waals surface area contributed by atoms with Crippen molar-refractivity contribution in [2.24, 2.45) is 0 Å². The zero-order valence-corrected chi connectivity index (χ0v) is 9.38. The number of benzene rings is 1. The van der Waals surface area contributed by atoms with Gasteiger partial charge >= 0.3 is 0 Å². The number of likely N-dealkylation sites (N-methyl/N-ethyl adjacent to an activating group) is 1. The SMILES string of the molecule is CN(c1cc(C#N)ccc1[N+](=O)[O-])C1CNC1. The molecule has 1 heterocycles. The van der Waals surface area contributed by atoms with E-state index in [0.717, 1.165) is 13.1 Å². The van der Waals surface area contributed by atoms with Crippen molar-refractivity contribution in [3.05, 3.63) is 33.9 Å². The molecule has 2 rings (SSSR count). The number of hydrogen-bond donors (Lipinski definition) is 1. The molecule has 1 N–H and O–H groups in total. The van der Waals surface area contributed by atoms with E-state index in [1.807, 2.05) is 18.0 Å². The lowest BCUT2D eigenvalue weighted by atomic mass is 10.1. The molecule has 0 atom stereocenters. The summed E-state index contributed by atoms with van der Waals surface area (Å²) in [5.74, 6) is 0. The quantitative estimate of drug-likeness (QED) is 0.617. The van der Waals surface area contributed by atoms with Gasteiger partial charge in [-0.2, -0.15) is 5.26 Å². The zero-order valence-electron chi connectivity index (χ0n) is 9.38. The number of nitriles is 1. The second-order valence-electron chi connectivity index (χ2n) is 4.00. The molecule has 88 valence electrons. The highest BCUT2D eigenvalue weighted by Crippen LogP contribution is 2.30. The van der Waals surface area contributed by atoms with E-state index >= 15 is 0 Å². The molecule has 6 nitrogen and oxygen atoms in total. The summed E-state index contributed by atoms with van der Waals surface area (Å²) in [6.45, 7) is 1.62. The minimum Gasteiger partial charge on any atom is -0.363 e. The van der Waals surface area contributed by atoms with Gasteiger partial charge in [0, 0.05) is 26.2 Å². The van der Waals surface area contributed by atoms with Crippen LogP contribution in [-0.4, -0.2) is 31.1 Å². The fraction of sp³-hybridized carbons (Fsp3) is 0.364. The van der Waals surface area contributed by atoms with Crippen LogP contribution in [0.15, 0.2) is 18.2 Å². The maximum Gasteiger partial charge on any atom is 0.292 e. The third kappa shape index (κ3) is 2.05. The molecule has 0 unspecified atom stereocenters. The zero-order chi connectivity index (χ0) is 12.4. The van der Waals surface area contributed by atoms with Gasteiger partial charge < -0.3 is 10.2 Å². The largest absolute Gasteiger partial charge is 0.363 e.